The number of halogens is 1. The fourth-order valence-electron chi connectivity index (χ4n) is 1.74. The summed E-state index contributed by atoms with van der Waals surface area (Å²) in [7, 11) is 0. The lowest BCUT2D eigenvalue weighted by Gasteiger charge is -2.35. The zero-order valence-corrected chi connectivity index (χ0v) is 10.1. The zero-order chi connectivity index (χ0) is 12.3. The molecule has 0 bridgehead atoms. The minimum absolute atomic E-state index is 0.0609. The molecule has 0 unspecified atom stereocenters. The van der Waals surface area contributed by atoms with Crippen molar-refractivity contribution in [3.63, 3.8) is 0 Å². The van der Waals surface area contributed by atoms with E-state index < -0.39 is 17.9 Å². The first-order valence-corrected chi connectivity index (χ1v) is 5.54. The molecule has 1 aliphatic heterocycles. The van der Waals surface area contributed by atoms with Gasteiger partial charge < -0.3 is 14.7 Å². The number of hydrogen-bond donors (Lipinski definition) is 1. The van der Waals surface area contributed by atoms with E-state index in [1.54, 1.807) is 20.8 Å². The van der Waals surface area contributed by atoms with Crippen LogP contribution in [-0.4, -0.2) is 47.6 Å². The van der Waals surface area contributed by atoms with Crippen molar-refractivity contribution in [3.05, 3.63) is 0 Å². The number of likely N-dealkylation sites (tertiary alicyclic amines) is 1. The molecule has 0 aromatic rings. The number of rotatable bonds is 1. The second kappa shape index (κ2) is 4.99. The lowest BCUT2D eigenvalue weighted by Crippen LogP contribution is -2.47. The summed E-state index contributed by atoms with van der Waals surface area (Å²) in [6, 6.07) is 0. The van der Waals surface area contributed by atoms with E-state index >= 15 is 0 Å². The van der Waals surface area contributed by atoms with E-state index in [9.17, 15) is 9.18 Å². The fourth-order valence-corrected chi connectivity index (χ4v) is 1.74. The molecule has 0 radical (unpaired) electrons. The normalized spacial score (nSPS) is 26.7. The van der Waals surface area contributed by atoms with E-state index in [-0.39, 0.29) is 19.1 Å². The topological polar surface area (TPSA) is 49.8 Å². The molecule has 1 fully saturated rings. The summed E-state index contributed by atoms with van der Waals surface area (Å²) >= 11 is 0. The van der Waals surface area contributed by atoms with E-state index in [0.717, 1.165) is 0 Å². The number of carbonyl (C=O) groups is 1. The Morgan fingerprint density at radius 1 is 1.50 bits per heavy atom. The molecule has 0 saturated carbocycles. The van der Waals surface area contributed by atoms with Gasteiger partial charge in [-0.1, -0.05) is 0 Å². The van der Waals surface area contributed by atoms with Gasteiger partial charge in [-0.05, 0) is 27.2 Å². The molecule has 94 valence electrons. The molecule has 0 aliphatic carbocycles. The Bertz CT molecular complexity index is 252. The molecule has 0 spiro atoms. The van der Waals surface area contributed by atoms with Crippen molar-refractivity contribution in [2.75, 3.05) is 19.7 Å². The minimum atomic E-state index is -1.07. The Balaban J connectivity index is 2.55. The average molecular weight is 233 g/mol. The van der Waals surface area contributed by atoms with Crippen LogP contribution in [0, 0.1) is 5.92 Å². The molecule has 1 amide bonds. The number of aliphatic hydroxyl groups excluding tert-OH is 1. The predicted molar refractivity (Wildman–Crippen MR) is 57.9 cm³/mol. The van der Waals surface area contributed by atoms with Crippen LogP contribution in [-0.2, 0) is 4.74 Å². The Morgan fingerprint density at radius 3 is 2.62 bits per heavy atom. The summed E-state index contributed by atoms with van der Waals surface area (Å²) in [5, 5.41) is 9.00. The highest BCUT2D eigenvalue weighted by Gasteiger charge is 2.32. The first kappa shape index (κ1) is 13.2. The molecular formula is C11H20FNO3. The Morgan fingerprint density at radius 2 is 2.12 bits per heavy atom. The molecule has 1 aliphatic rings. The van der Waals surface area contributed by atoms with Crippen LogP contribution < -0.4 is 0 Å². The number of carbonyl (C=O) groups excluding carboxylic acids is 1. The van der Waals surface area contributed by atoms with Crippen LogP contribution in [0.2, 0.25) is 0 Å². The SMILES string of the molecule is CC(C)(C)OC(=O)N1C[C@H](F)C[C@H](CO)C1. The number of alkyl halides is 1. The quantitative estimate of drug-likeness (QED) is 0.748. The minimum Gasteiger partial charge on any atom is -0.444 e. The summed E-state index contributed by atoms with van der Waals surface area (Å²) in [6.07, 6.45) is -1.26. The van der Waals surface area contributed by atoms with Crippen molar-refractivity contribution in [1.82, 2.24) is 4.90 Å². The van der Waals surface area contributed by atoms with E-state index in [1.165, 1.54) is 4.90 Å². The highest BCUT2D eigenvalue weighted by Crippen LogP contribution is 2.21. The summed E-state index contributed by atoms with van der Waals surface area (Å²) in [5.41, 5.74) is -0.574. The smallest absolute Gasteiger partial charge is 0.410 e. The third-order valence-electron chi connectivity index (χ3n) is 2.40. The largest absolute Gasteiger partial charge is 0.444 e. The lowest BCUT2D eigenvalue weighted by molar-refractivity contribution is 0.000745. The maximum atomic E-state index is 13.3. The summed E-state index contributed by atoms with van der Waals surface area (Å²) < 4.78 is 18.5. The van der Waals surface area contributed by atoms with Crippen molar-refractivity contribution >= 4 is 6.09 Å². The molecule has 1 saturated heterocycles. The van der Waals surface area contributed by atoms with Gasteiger partial charge in [-0.25, -0.2) is 9.18 Å². The van der Waals surface area contributed by atoms with Crippen molar-refractivity contribution in [2.24, 2.45) is 5.92 Å². The second-order valence-corrected chi connectivity index (χ2v) is 5.27. The first-order chi connectivity index (χ1) is 7.31. The molecule has 5 heteroatoms. The van der Waals surface area contributed by atoms with Gasteiger partial charge >= 0.3 is 6.09 Å². The number of nitrogens with zero attached hydrogens (tertiary/aromatic N) is 1. The number of ether oxygens (including phenoxy) is 1. The van der Waals surface area contributed by atoms with Gasteiger partial charge in [0.2, 0.25) is 0 Å². The Hall–Kier alpha value is -0.840. The van der Waals surface area contributed by atoms with Crippen LogP contribution in [0.15, 0.2) is 0 Å². The summed E-state index contributed by atoms with van der Waals surface area (Å²) in [6.45, 7) is 5.64. The van der Waals surface area contributed by atoms with Gasteiger partial charge in [-0.15, -0.1) is 0 Å². The third kappa shape index (κ3) is 3.96. The maximum absolute atomic E-state index is 13.3. The highest BCUT2D eigenvalue weighted by molar-refractivity contribution is 5.68. The number of aliphatic hydroxyl groups is 1. The van der Waals surface area contributed by atoms with Gasteiger partial charge in [-0.2, -0.15) is 0 Å². The van der Waals surface area contributed by atoms with Crippen molar-refractivity contribution in [1.29, 1.82) is 0 Å². The first-order valence-electron chi connectivity index (χ1n) is 5.54. The van der Waals surface area contributed by atoms with Gasteiger partial charge in [0.15, 0.2) is 0 Å². The molecule has 1 N–H and O–H groups in total. The zero-order valence-electron chi connectivity index (χ0n) is 10.1. The van der Waals surface area contributed by atoms with Crippen LogP contribution >= 0.6 is 0 Å². The maximum Gasteiger partial charge on any atom is 0.410 e. The lowest BCUT2D eigenvalue weighted by atomic mass is 9.98. The standard InChI is InChI=1S/C11H20FNO3/c1-11(2,3)16-10(15)13-5-8(7-14)4-9(12)6-13/h8-9,14H,4-7H2,1-3H3/t8-,9+/m0/s1. The number of piperidine rings is 1. The van der Waals surface area contributed by atoms with E-state index in [4.69, 9.17) is 9.84 Å². The van der Waals surface area contributed by atoms with Gasteiger partial charge in [0.05, 0.1) is 6.54 Å². The van der Waals surface area contributed by atoms with Crippen molar-refractivity contribution in [3.8, 4) is 0 Å². The number of hydrogen-bond acceptors (Lipinski definition) is 3. The summed E-state index contributed by atoms with van der Waals surface area (Å²) in [5.74, 6) is -0.184. The van der Waals surface area contributed by atoms with Crippen molar-refractivity contribution < 1.29 is 19.0 Å². The number of amides is 1. The Kier molecular flexibility index (Phi) is 4.13. The highest BCUT2D eigenvalue weighted by atomic mass is 19.1. The fraction of sp³-hybridized carbons (Fsp3) is 0.909. The molecular weight excluding hydrogens is 213 g/mol. The van der Waals surface area contributed by atoms with Crippen LogP contribution in [0.1, 0.15) is 27.2 Å². The van der Waals surface area contributed by atoms with Crippen molar-refractivity contribution in [2.45, 2.75) is 39.0 Å². The van der Waals surface area contributed by atoms with E-state index in [1.807, 2.05) is 0 Å². The second-order valence-electron chi connectivity index (χ2n) is 5.27. The van der Waals surface area contributed by atoms with Crippen LogP contribution in [0.3, 0.4) is 0 Å². The van der Waals surface area contributed by atoms with Gasteiger partial charge in [-0.3, -0.25) is 0 Å². The Labute approximate surface area is 95.4 Å². The predicted octanol–water partition coefficient (Wildman–Crippen LogP) is 1.57. The molecule has 0 aromatic carbocycles. The van der Waals surface area contributed by atoms with Crippen LogP contribution in [0.4, 0.5) is 9.18 Å². The molecule has 0 aromatic heterocycles. The molecule has 2 atom stereocenters. The average Bonchev–Trinajstić information content (AvgIpc) is 2.14. The van der Waals surface area contributed by atoms with Crippen LogP contribution in [0.5, 0.6) is 0 Å². The van der Waals surface area contributed by atoms with E-state index in [0.29, 0.717) is 13.0 Å². The van der Waals surface area contributed by atoms with Gasteiger partial charge in [0.25, 0.3) is 0 Å². The summed E-state index contributed by atoms with van der Waals surface area (Å²) in [4.78, 5) is 13.0. The monoisotopic (exact) mass is 233 g/mol. The van der Waals surface area contributed by atoms with E-state index in [2.05, 4.69) is 0 Å². The molecule has 1 heterocycles. The molecule has 1 rings (SSSR count). The molecule has 4 nitrogen and oxygen atoms in total. The van der Waals surface area contributed by atoms with Crippen LogP contribution in [0.25, 0.3) is 0 Å². The molecule has 16 heavy (non-hydrogen) atoms. The van der Waals surface area contributed by atoms with Gasteiger partial charge in [0.1, 0.15) is 11.8 Å². The third-order valence-corrected chi connectivity index (χ3v) is 2.40. The van der Waals surface area contributed by atoms with Gasteiger partial charge in [0, 0.05) is 19.1 Å².